The SMILES string of the molecule is Cc1ccc(S(=O)(=O)N(CC(=O)N(Cc2cccc(C)c2)[C@@H](C)C(=O)NC(C)(C)C)c2ccccc2F)cc1. The van der Waals surface area contributed by atoms with Crippen LogP contribution in [-0.2, 0) is 26.2 Å². The minimum Gasteiger partial charge on any atom is -0.350 e. The Labute approximate surface area is 230 Å². The second-order valence-corrected chi connectivity index (χ2v) is 12.6. The van der Waals surface area contributed by atoms with Crippen LogP contribution in [-0.4, -0.2) is 43.3 Å². The van der Waals surface area contributed by atoms with Crippen LogP contribution < -0.4 is 9.62 Å². The summed E-state index contributed by atoms with van der Waals surface area (Å²) in [6.07, 6.45) is 0. The van der Waals surface area contributed by atoms with E-state index in [9.17, 15) is 22.4 Å². The summed E-state index contributed by atoms with van der Waals surface area (Å²) in [6.45, 7) is 10.2. The maximum atomic E-state index is 15.0. The quantitative estimate of drug-likeness (QED) is 0.405. The van der Waals surface area contributed by atoms with E-state index in [2.05, 4.69) is 5.32 Å². The second-order valence-electron chi connectivity index (χ2n) is 10.7. The third-order valence-corrected chi connectivity index (χ3v) is 7.88. The Morgan fingerprint density at radius 1 is 0.923 bits per heavy atom. The molecule has 1 N–H and O–H groups in total. The third kappa shape index (κ3) is 7.66. The number of aryl methyl sites for hydroxylation is 2. The highest BCUT2D eigenvalue weighted by Crippen LogP contribution is 2.27. The molecule has 9 heteroatoms. The van der Waals surface area contributed by atoms with Gasteiger partial charge in [0.2, 0.25) is 11.8 Å². The molecule has 1 atom stereocenters. The van der Waals surface area contributed by atoms with Crippen molar-refractivity contribution in [2.45, 2.75) is 64.6 Å². The summed E-state index contributed by atoms with van der Waals surface area (Å²) >= 11 is 0. The number of halogens is 1. The number of nitrogens with one attached hydrogen (secondary N) is 1. The third-order valence-electron chi connectivity index (χ3n) is 6.11. The van der Waals surface area contributed by atoms with E-state index in [0.29, 0.717) is 0 Å². The van der Waals surface area contributed by atoms with Crippen LogP contribution in [0.3, 0.4) is 0 Å². The fourth-order valence-electron chi connectivity index (χ4n) is 4.07. The van der Waals surface area contributed by atoms with Gasteiger partial charge in [-0.15, -0.1) is 0 Å². The van der Waals surface area contributed by atoms with E-state index < -0.39 is 39.9 Å². The van der Waals surface area contributed by atoms with Gasteiger partial charge in [-0.1, -0.05) is 59.7 Å². The van der Waals surface area contributed by atoms with Gasteiger partial charge in [-0.05, 0) is 71.4 Å². The van der Waals surface area contributed by atoms with Crippen molar-refractivity contribution in [3.63, 3.8) is 0 Å². The van der Waals surface area contributed by atoms with E-state index >= 15 is 0 Å². The van der Waals surface area contributed by atoms with E-state index in [1.165, 1.54) is 35.2 Å². The zero-order valence-corrected chi connectivity index (χ0v) is 24.0. The van der Waals surface area contributed by atoms with Crippen molar-refractivity contribution in [1.82, 2.24) is 10.2 Å². The zero-order chi connectivity index (χ0) is 29.0. The molecule has 0 aromatic heterocycles. The van der Waals surface area contributed by atoms with Gasteiger partial charge in [0.25, 0.3) is 10.0 Å². The van der Waals surface area contributed by atoms with Gasteiger partial charge in [-0.2, -0.15) is 0 Å². The van der Waals surface area contributed by atoms with Gasteiger partial charge >= 0.3 is 0 Å². The average Bonchev–Trinajstić information content (AvgIpc) is 2.85. The molecule has 0 fully saturated rings. The first-order valence-electron chi connectivity index (χ1n) is 12.7. The van der Waals surface area contributed by atoms with Crippen molar-refractivity contribution in [1.29, 1.82) is 0 Å². The molecule has 208 valence electrons. The van der Waals surface area contributed by atoms with Crippen LogP contribution in [0.1, 0.15) is 44.4 Å². The molecule has 0 radical (unpaired) electrons. The van der Waals surface area contributed by atoms with Crippen molar-refractivity contribution in [3.8, 4) is 0 Å². The molecule has 3 aromatic carbocycles. The zero-order valence-electron chi connectivity index (χ0n) is 23.2. The van der Waals surface area contributed by atoms with Crippen LogP contribution in [0.25, 0.3) is 0 Å². The lowest BCUT2D eigenvalue weighted by molar-refractivity contribution is -0.140. The number of carbonyl (C=O) groups is 2. The Hall–Kier alpha value is -3.72. The molecule has 0 saturated carbocycles. The minimum absolute atomic E-state index is 0.0644. The molecular formula is C30H36FN3O4S. The largest absolute Gasteiger partial charge is 0.350 e. The average molecular weight is 554 g/mol. The Bertz CT molecular complexity index is 1430. The fourth-order valence-corrected chi connectivity index (χ4v) is 5.49. The molecule has 0 spiro atoms. The highest BCUT2D eigenvalue weighted by Gasteiger charge is 2.34. The van der Waals surface area contributed by atoms with E-state index in [1.54, 1.807) is 19.1 Å². The number of nitrogens with zero attached hydrogens (tertiary/aromatic N) is 2. The van der Waals surface area contributed by atoms with Crippen molar-refractivity contribution in [2.75, 3.05) is 10.8 Å². The molecule has 0 unspecified atom stereocenters. The Morgan fingerprint density at radius 3 is 2.15 bits per heavy atom. The minimum atomic E-state index is -4.33. The molecule has 0 saturated heterocycles. The van der Waals surface area contributed by atoms with Gasteiger partial charge in [0.05, 0.1) is 10.6 Å². The van der Waals surface area contributed by atoms with Crippen LogP contribution in [0.2, 0.25) is 0 Å². The number of sulfonamides is 1. The predicted molar refractivity (Wildman–Crippen MR) is 151 cm³/mol. The monoisotopic (exact) mass is 553 g/mol. The molecule has 0 heterocycles. The summed E-state index contributed by atoms with van der Waals surface area (Å²) in [5, 5.41) is 2.88. The maximum absolute atomic E-state index is 15.0. The lowest BCUT2D eigenvalue weighted by atomic mass is 10.1. The highest BCUT2D eigenvalue weighted by molar-refractivity contribution is 7.92. The van der Waals surface area contributed by atoms with E-state index in [4.69, 9.17) is 0 Å². The smallest absolute Gasteiger partial charge is 0.264 e. The highest BCUT2D eigenvalue weighted by atomic mass is 32.2. The van der Waals surface area contributed by atoms with Crippen LogP contribution in [0, 0.1) is 19.7 Å². The number of rotatable bonds is 9. The standard InChI is InChI=1S/C30H36FN3O4S/c1-21-14-16-25(17-15-21)39(37,38)34(27-13-8-7-12-26(27)31)20-28(35)33(19-24-11-9-10-22(2)18-24)23(3)29(36)32-30(4,5)6/h7-18,23H,19-20H2,1-6H3,(H,32,36)/t23-/m0/s1. The Kier molecular flexibility index (Phi) is 9.17. The van der Waals surface area contributed by atoms with Crippen molar-refractivity contribution in [3.05, 3.63) is 95.3 Å². The summed E-state index contributed by atoms with van der Waals surface area (Å²) < 4.78 is 43.3. The van der Waals surface area contributed by atoms with Gasteiger partial charge in [0.15, 0.2) is 0 Å². The normalized spacial score (nSPS) is 12.5. The van der Waals surface area contributed by atoms with Crippen molar-refractivity contribution >= 4 is 27.5 Å². The molecule has 7 nitrogen and oxygen atoms in total. The molecule has 0 bridgehead atoms. The topological polar surface area (TPSA) is 86.8 Å². The number of benzene rings is 3. The maximum Gasteiger partial charge on any atom is 0.264 e. The molecule has 0 aliphatic rings. The van der Waals surface area contributed by atoms with Crippen LogP contribution in [0.4, 0.5) is 10.1 Å². The number of para-hydroxylation sites is 1. The number of hydrogen-bond donors (Lipinski definition) is 1. The summed E-state index contributed by atoms with van der Waals surface area (Å²) in [6, 6.07) is 18.1. The van der Waals surface area contributed by atoms with Crippen molar-refractivity contribution < 1.29 is 22.4 Å². The number of amides is 2. The van der Waals surface area contributed by atoms with E-state index in [0.717, 1.165) is 27.1 Å². The van der Waals surface area contributed by atoms with Gasteiger partial charge in [-0.3, -0.25) is 13.9 Å². The number of anilines is 1. The molecule has 2 amide bonds. The first kappa shape index (κ1) is 29.8. The lowest BCUT2D eigenvalue weighted by Gasteiger charge is -2.33. The van der Waals surface area contributed by atoms with E-state index in [1.807, 2.05) is 58.9 Å². The number of hydrogen-bond acceptors (Lipinski definition) is 4. The first-order chi connectivity index (χ1) is 18.2. The van der Waals surface area contributed by atoms with Gasteiger partial charge in [0, 0.05) is 12.1 Å². The molecular weight excluding hydrogens is 517 g/mol. The second kappa shape index (κ2) is 12.0. The number of carbonyl (C=O) groups excluding carboxylic acids is 2. The molecule has 0 aliphatic heterocycles. The lowest BCUT2D eigenvalue weighted by Crippen LogP contribution is -2.54. The summed E-state index contributed by atoms with van der Waals surface area (Å²) in [4.78, 5) is 28.3. The van der Waals surface area contributed by atoms with Gasteiger partial charge in [0.1, 0.15) is 18.4 Å². The van der Waals surface area contributed by atoms with Crippen molar-refractivity contribution in [2.24, 2.45) is 0 Å². The van der Waals surface area contributed by atoms with Crippen LogP contribution in [0.5, 0.6) is 0 Å². The molecule has 39 heavy (non-hydrogen) atoms. The van der Waals surface area contributed by atoms with Gasteiger partial charge < -0.3 is 10.2 Å². The Balaban J connectivity index is 2.05. The van der Waals surface area contributed by atoms with Crippen LogP contribution >= 0.6 is 0 Å². The van der Waals surface area contributed by atoms with E-state index in [-0.39, 0.29) is 23.0 Å². The first-order valence-corrected chi connectivity index (χ1v) is 14.1. The summed E-state index contributed by atoms with van der Waals surface area (Å²) in [5.74, 6) is -1.82. The molecule has 3 rings (SSSR count). The van der Waals surface area contributed by atoms with Gasteiger partial charge in [-0.25, -0.2) is 12.8 Å². The predicted octanol–water partition coefficient (Wildman–Crippen LogP) is 4.97. The summed E-state index contributed by atoms with van der Waals surface area (Å²) in [7, 11) is -4.33. The van der Waals surface area contributed by atoms with Crippen LogP contribution in [0.15, 0.2) is 77.7 Å². The molecule has 3 aromatic rings. The summed E-state index contributed by atoms with van der Waals surface area (Å²) in [5.41, 5.74) is 1.80. The molecule has 0 aliphatic carbocycles. The Morgan fingerprint density at radius 2 is 1.56 bits per heavy atom. The fraction of sp³-hybridized carbons (Fsp3) is 0.333.